The van der Waals surface area contributed by atoms with Crippen molar-refractivity contribution in [3.8, 4) is 11.3 Å². The number of aromatic carboxylic acids is 1. The molecule has 6 nitrogen and oxygen atoms in total. The summed E-state index contributed by atoms with van der Waals surface area (Å²) in [7, 11) is 0. The van der Waals surface area contributed by atoms with Gasteiger partial charge < -0.3 is 10.4 Å². The number of hydrogen-bond acceptors (Lipinski definition) is 4. The normalized spacial score (nSPS) is 11.2. The van der Waals surface area contributed by atoms with Gasteiger partial charge in [-0.05, 0) is 46.5 Å². The molecule has 0 atom stereocenters. The van der Waals surface area contributed by atoms with Crippen molar-refractivity contribution in [1.82, 2.24) is 14.4 Å². The van der Waals surface area contributed by atoms with E-state index in [0.29, 0.717) is 27.5 Å². The first-order valence-corrected chi connectivity index (χ1v) is 8.78. The zero-order valence-electron chi connectivity index (χ0n) is 14.2. The topological polar surface area (TPSA) is 79.5 Å². The maximum Gasteiger partial charge on any atom is 0.335 e. The van der Waals surface area contributed by atoms with Crippen LogP contribution < -0.4 is 5.32 Å². The molecule has 25 heavy (non-hydrogen) atoms. The first-order valence-electron chi connectivity index (χ1n) is 7.98. The van der Waals surface area contributed by atoms with Crippen molar-refractivity contribution in [3.63, 3.8) is 0 Å². The maximum atomic E-state index is 11.2. The van der Waals surface area contributed by atoms with E-state index in [1.165, 1.54) is 0 Å². The van der Waals surface area contributed by atoms with Crippen molar-refractivity contribution in [2.75, 3.05) is 11.9 Å². The molecule has 0 unspecified atom stereocenters. The van der Waals surface area contributed by atoms with E-state index in [9.17, 15) is 9.90 Å². The largest absolute Gasteiger partial charge is 0.478 e. The van der Waals surface area contributed by atoms with E-state index in [-0.39, 0.29) is 0 Å². The average molecular weight is 403 g/mol. The van der Waals surface area contributed by atoms with Gasteiger partial charge in [-0.1, -0.05) is 19.9 Å². The number of nitrogens with one attached hydrogen (secondary N) is 1. The number of rotatable bonds is 5. The number of aromatic nitrogens is 3. The second kappa shape index (κ2) is 6.84. The van der Waals surface area contributed by atoms with Crippen LogP contribution in [0, 0.1) is 12.8 Å². The lowest BCUT2D eigenvalue weighted by Crippen LogP contribution is -2.10. The number of anilines is 1. The minimum atomic E-state index is -0.922. The summed E-state index contributed by atoms with van der Waals surface area (Å²) in [5.41, 5.74) is 3.54. The van der Waals surface area contributed by atoms with E-state index in [0.717, 1.165) is 23.4 Å². The summed E-state index contributed by atoms with van der Waals surface area (Å²) in [4.78, 5) is 20.2. The molecule has 0 aliphatic heterocycles. The zero-order chi connectivity index (χ0) is 18.1. The van der Waals surface area contributed by atoms with Crippen molar-refractivity contribution in [3.05, 3.63) is 46.3 Å². The van der Waals surface area contributed by atoms with Gasteiger partial charge in [0.25, 0.3) is 0 Å². The molecule has 0 saturated carbocycles. The van der Waals surface area contributed by atoms with Crippen LogP contribution in [0.3, 0.4) is 0 Å². The number of carboxylic acids is 1. The Kier molecular flexibility index (Phi) is 4.76. The maximum absolute atomic E-state index is 11.2. The molecule has 0 amide bonds. The molecule has 3 aromatic rings. The predicted molar refractivity (Wildman–Crippen MR) is 101 cm³/mol. The minimum Gasteiger partial charge on any atom is -0.478 e. The molecule has 2 heterocycles. The fourth-order valence-electron chi connectivity index (χ4n) is 2.65. The fourth-order valence-corrected chi connectivity index (χ4v) is 3.04. The second-order valence-electron chi connectivity index (χ2n) is 6.36. The first kappa shape index (κ1) is 17.4. The molecule has 2 aromatic heterocycles. The number of benzene rings is 1. The molecule has 0 bridgehead atoms. The van der Waals surface area contributed by atoms with Crippen molar-refractivity contribution in [2.24, 2.45) is 5.92 Å². The summed E-state index contributed by atoms with van der Waals surface area (Å²) in [6.07, 6.45) is 3.64. The highest BCUT2D eigenvalue weighted by molar-refractivity contribution is 9.10. The van der Waals surface area contributed by atoms with Crippen LogP contribution in [0.4, 0.5) is 5.82 Å². The van der Waals surface area contributed by atoms with Crippen molar-refractivity contribution < 1.29 is 9.90 Å². The van der Waals surface area contributed by atoms with Crippen LogP contribution in [-0.2, 0) is 0 Å². The predicted octanol–water partition coefficient (Wildman–Crippen LogP) is 4.23. The van der Waals surface area contributed by atoms with E-state index in [2.05, 4.69) is 45.1 Å². The molecule has 0 radical (unpaired) electrons. The molecule has 130 valence electrons. The van der Waals surface area contributed by atoms with Gasteiger partial charge in [0.1, 0.15) is 4.60 Å². The SMILES string of the molecule is Cc1cc(-c2cnc3c(NCC(C)C)nc(Br)cn23)ccc1C(=O)O. The van der Waals surface area contributed by atoms with E-state index >= 15 is 0 Å². The van der Waals surface area contributed by atoms with Gasteiger partial charge in [0, 0.05) is 18.3 Å². The second-order valence-corrected chi connectivity index (χ2v) is 7.17. The quantitative estimate of drug-likeness (QED) is 0.667. The molecule has 0 aliphatic carbocycles. The Labute approximate surface area is 154 Å². The minimum absolute atomic E-state index is 0.305. The average Bonchev–Trinajstić information content (AvgIpc) is 2.95. The fraction of sp³-hybridized carbons (Fsp3) is 0.278. The van der Waals surface area contributed by atoms with Crippen LogP contribution in [0.1, 0.15) is 29.8 Å². The van der Waals surface area contributed by atoms with Gasteiger partial charge in [-0.15, -0.1) is 0 Å². The summed E-state index contributed by atoms with van der Waals surface area (Å²) >= 11 is 3.45. The smallest absolute Gasteiger partial charge is 0.335 e. The molecular formula is C18H19BrN4O2. The van der Waals surface area contributed by atoms with E-state index in [1.54, 1.807) is 25.3 Å². The van der Waals surface area contributed by atoms with E-state index in [4.69, 9.17) is 0 Å². The van der Waals surface area contributed by atoms with Gasteiger partial charge in [0.15, 0.2) is 11.5 Å². The summed E-state index contributed by atoms with van der Waals surface area (Å²) in [6.45, 7) is 6.86. The molecule has 0 saturated heterocycles. The Morgan fingerprint density at radius 2 is 2.16 bits per heavy atom. The van der Waals surface area contributed by atoms with Crippen LogP contribution in [0.5, 0.6) is 0 Å². The Bertz CT molecular complexity index is 950. The van der Waals surface area contributed by atoms with Crippen LogP contribution in [0.25, 0.3) is 16.9 Å². The molecular weight excluding hydrogens is 384 g/mol. The van der Waals surface area contributed by atoms with Gasteiger partial charge in [-0.25, -0.2) is 14.8 Å². The zero-order valence-corrected chi connectivity index (χ0v) is 15.8. The van der Waals surface area contributed by atoms with Crippen LogP contribution in [0.2, 0.25) is 0 Å². The van der Waals surface area contributed by atoms with Crippen molar-refractivity contribution in [2.45, 2.75) is 20.8 Å². The highest BCUT2D eigenvalue weighted by Gasteiger charge is 2.14. The molecule has 0 spiro atoms. The monoisotopic (exact) mass is 402 g/mol. The molecule has 0 aliphatic rings. The third-order valence-corrected chi connectivity index (χ3v) is 4.28. The molecule has 7 heteroatoms. The van der Waals surface area contributed by atoms with Crippen LogP contribution in [0.15, 0.2) is 35.2 Å². The Morgan fingerprint density at radius 3 is 2.80 bits per heavy atom. The van der Waals surface area contributed by atoms with Gasteiger partial charge in [-0.2, -0.15) is 0 Å². The lowest BCUT2D eigenvalue weighted by molar-refractivity contribution is 0.0696. The number of aryl methyl sites for hydroxylation is 1. The third kappa shape index (κ3) is 3.51. The number of hydrogen-bond donors (Lipinski definition) is 2. The van der Waals surface area contributed by atoms with Crippen molar-refractivity contribution in [1.29, 1.82) is 0 Å². The van der Waals surface area contributed by atoms with Gasteiger partial charge in [0.05, 0.1) is 17.5 Å². The molecule has 3 rings (SSSR count). The first-order chi connectivity index (χ1) is 11.9. The Morgan fingerprint density at radius 1 is 1.40 bits per heavy atom. The molecule has 2 N–H and O–H groups in total. The third-order valence-electron chi connectivity index (χ3n) is 3.89. The van der Waals surface area contributed by atoms with Crippen LogP contribution >= 0.6 is 15.9 Å². The lowest BCUT2D eigenvalue weighted by Gasteiger charge is -2.11. The summed E-state index contributed by atoms with van der Waals surface area (Å²) in [5.74, 6) is 0.281. The number of imidazole rings is 1. The number of halogens is 1. The molecule has 1 aromatic carbocycles. The standard InChI is InChI=1S/C18H19BrN4O2/c1-10(2)7-20-16-17-21-8-14(23(17)9-15(19)22-16)12-4-5-13(18(24)25)11(3)6-12/h4-6,8-10H,7H2,1-3H3,(H,20,22)(H,24,25). The summed E-state index contributed by atoms with van der Waals surface area (Å²) in [6, 6.07) is 5.29. The van der Waals surface area contributed by atoms with E-state index < -0.39 is 5.97 Å². The molecule has 0 fully saturated rings. The Hall–Kier alpha value is -2.41. The van der Waals surface area contributed by atoms with Gasteiger partial charge >= 0.3 is 5.97 Å². The number of carboxylic acid groups (broad SMARTS) is 1. The number of fused-ring (bicyclic) bond motifs is 1. The summed E-state index contributed by atoms with van der Waals surface area (Å²) < 4.78 is 2.65. The number of carbonyl (C=O) groups is 1. The van der Waals surface area contributed by atoms with Gasteiger partial charge in [-0.3, -0.25) is 4.40 Å². The summed E-state index contributed by atoms with van der Waals surface area (Å²) in [5, 5.41) is 12.5. The van der Waals surface area contributed by atoms with Gasteiger partial charge in [0.2, 0.25) is 0 Å². The Balaban J connectivity index is 2.09. The van der Waals surface area contributed by atoms with Crippen molar-refractivity contribution >= 4 is 33.4 Å². The number of nitrogens with zero attached hydrogens (tertiary/aromatic N) is 3. The van der Waals surface area contributed by atoms with Crippen LogP contribution in [-0.4, -0.2) is 32.0 Å². The highest BCUT2D eigenvalue weighted by atomic mass is 79.9. The van der Waals surface area contributed by atoms with E-state index in [1.807, 2.05) is 16.7 Å². The lowest BCUT2D eigenvalue weighted by atomic mass is 10.0. The highest BCUT2D eigenvalue weighted by Crippen LogP contribution is 2.27.